The number of anilines is 2. The first-order valence-electron chi connectivity index (χ1n) is 6.65. The number of nitrogens with zero attached hydrogens (tertiary/aromatic N) is 1. The highest BCUT2D eigenvalue weighted by atomic mass is 32.1. The molecule has 1 amide bonds. The number of aromatic nitrogens is 1. The smallest absolute Gasteiger partial charge is 0.252 e. The lowest BCUT2D eigenvalue weighted by Gasteiger charge is -2.04. The van der Waals surface area contributed by atoms with E-state index >= 15 is 0 Å². The first-order chi connectivity index (χ1) is 11.0. The number of nitrogens with one attached hydrogen (secondary N) is 1. The number of thiazole rings is 1. The number of hydrogen-bond acceptors (Lipinski definition) is 5. The lowest BCUT2D eigenvalue weighted by molar-refractivity contribution is 0.0998. The van der Waals surface area contributed by atoms with Crippen LogP contribution in [0.15, 0.2) is 48.7 Å². The van der Waals surface area contributed by atoms with Crippen LogP contribution in [0.2, 0.25) is 0 Å². The van der Waals surface area contributed by atoms with Crippen LogP contribution >= 0.6 is 11.3 Å². The van der Waals surface area contributed by atoms with E-state index < -0.39 is 5.91 Å². The average molecular weight is 329 g/mol. The van der Waals surface area contributed by atoms with Gasteiger partial charge in [0.2, 0.25) is 0 Å². The Morgan fingerprint density at radius 1 is 1.26 bits per heavy atom. The molecule has 0 bridgehead atoms. The summed E-state index contributed by atoms with van der Waals surface area (Å²) < 4.78 is 13.6. The highest BCUT2D eigenvalue weighted by molar-refractivity contribution is 7.18. The fraction of sp³-hybridized carbons (Fsp3) is 0. The molecule has 0 aliphatic rings. The van der Waals surface area contributed by atoms with Crippen LogP contribution < -0.4 is 11.1 Å². The van der Waals surface area contributed by atoms with Crippen molar-refractivity contribution in [2.45, 2.75) is 0 Å². The van der Waals surface area contributed by atoms with Gasteiger partial charge in [0.25, 0.3) is 5.91 Å². The number of amides is 1. The molecule has 1 heterocycles. The van der Waals surface area contributed by atoms with Crippen LogP contribution in [0.1, 0.15) is 10.4 Å². The zero-order chi connectivity index (χ0) is 16.4. The van der Waals surface area contributed by atoms with E-state index in [1.165, 1.54) is 29.5 Å². The number of primary amides is 1. The summed E-state index contributed by atoms with van der Waals surface area (Å²) in [6.45, 7) is 0. The Morgan fingerprint density at radius 3 is 2.78 bits per heavy atom. The van der Waals surface area contributed by atoms with E-state index in [4.69, 9.17) is 5.73 Å². The highest BCUT2D eigenvalue weighted by Crippen LogP contribution is 2.33. The number of aromatic hydroxyl groups is 1. The van der Waals surface area contributed by atoms with Gasteiger partial charge in [0, 0.05) is 6.20 Å². The molecular weight excluding hydrogens is 317 g/mol. The molecular formula is C16H12FN3O2S. The molecule has 3 aromatic rings. The third-order valence-electron chi connectivity index (χ3n) is 3.17. The highest BCUT2D eigenvalue weighted by Gasteiger charge is 2.12. The number of nitrogens with two attached hydrogens (primary N) is 1. The number of para-hydroxylation sites is 1. The second kappa shape index (κ2) is 6.05. The van der Waals surface area contributed by atoms with Crippen molar-refractivity contribution in [2.24, 2.45) is 5.73 Å². The van der Waals surface area contributed by atoms with E-state index in [0.717, 1.165) is 4.88 Å². The van der Waals surface area contributed by atoms with Crippen molar-refractivity contribution < 1.29 is 14.3 Å². The summed E-state index contributed by atoms with van der Waals surface area (Å²) in [5.74, 6) is -1.25. The molecule has 1 aromatic heterocycles. The zero-order valence-corrected chi connectivity index (χ0v) is 12.6. The number of carbonyl (C=O) groups is 1. The number of rotatable bonds is 4. The maximum Gasteiger partial charge on any atom is 0.252 e. The fourth-order valence-corrected chi connectivity index (χ4v) is 2.85. The van der Waals surface area contributed by atoms with Crippen molar-refractivity contribution in [3.05, 3.63) is 60.0 Å². The van der Waals surface area contributed by atoms with Gasteiger partial charge < -0.3 is 16.2 Å². The molecule has 0 saturated carbocycles. The van der Waals surface area contributed by atoms with Gasteiger partial charge in [-0.15, -0.1) is 0 Å². The first-order valence-corrected chi connectivity index (χ1v) is 7.47. The van der Waals surface area contributed by atoms with Crippen LogP contribution in [0.4, 0.5) is 15.2 Å². The van der Waals surface area contributed by atoms with Gasteiger partial charge in [-0.2, -0.15) is 0 Å². The van der Waals surface area contributed by atoms with E-state index in [1.54, 1.807) is 30.5 Å². The van der Waals surface area contributed by atoms with Crippen molar-refractivity contribution in [3.63, 3.8) is 0 Å². The number of carbonyl (C=O) groups excluding carboxylic acids is 1. The minimum atomic E-state index is -0.710. The second-order valence-electron chi connectivity index (χ2n) is 4.73. The molecule has 0 spiro atoms. The van der Waals surface area contributed by atoms with Crippen LogP contribution in [0, 0.1) is 5.82 Å². The van der Waals surface area contributed by atoms with E-state index in [0.29, 0.717) is 16.4 Å². The minimum absolute atomic E-state index is 0.0412. The van der Waals surface area contributed by atoms with Gasteiger partial charge in [-0.1, -0.05) is 23.5 Å². The number of hydrogen-bond donors (Lipinski definition) is 3. The molecule has 0 radical (unpaired) electrons. The predicted octanol–water partition coefficient (Wildman–Crippen LogP) is 3.50. The summed E-state index contributed by atoms with van der Waals surface area (Å²) in [7, 11) is 0. The molecule has 0 aliphatic heterocycles. The van der Waals surface area contributed by atoms with E-state index in [9.17, 15) is 14.3 Å². The van der Waals surface area contributed by atoms with Crippen LogP contribution in [-0.2, 0) is 0 Å². The Morgan fingerprint density at radius 2 is 2.04 bits per heavy atom. The van der Waals surface area contributed by atoms with Crippen molar-refractivity contribution in [1.29, 1.82) is 0 Å². The quantitative estimate of drug-likeness (QED) is 0.683. The molecule has 0 unspecified atom stereocenters. The summed E-state index contributed by atoms with van der Waals surface area (Å²) >= 11 is 1.29. The van der Waals surface area contributed by atoms with E-state index in [1.807, 2.05) is 0 Å². The molecule has 0 fully saturated rings. The Hall–Kier alpha value is -2.93. The van der Waals surface area contributed by atoms with Crippen LogP contribution in [-0.4, -0.2) is 16.0 Å². The lowest BCUT2D eigenvalue weighted by atomic mass is 10.1. The van der Waals surface area contributed by atoms with Crippen molar-refractivity contribution in [1.82, 2.24) is 4.98 Å². The maximum absolute atomic E-state index is 13.6. The molecule has 4 N–H and O–H groups in total. The third kappa shape index (κ3) is 3.14. The van der Waals surface area contributed by atoms with Gasteiger partial charge in [0.15, 0.2) is 5.13 Å². The fourth-order valence-electron chi connectivity index (χ4n) is 2.03. The minimum Gasteiger partial charge on any atom is -0.507 e. The Kier molecular flexibility index (Phi) is 3.94. The monoisotopic (exact) mass is 329 g/mol. The molecule has 0 atom stereocenters. The molecule has 116 valence electrons. The molecule has 7 heteroatoms. The molecule has 5 nitrogen and oxygen atoms in total. The zero-order valence-electron chi connectivity index (χ0n) is 11.8. The van der Waals surface area contributed by atoms with Crippen molar-refractivity contribution >= 4 is 28.1 Å². The molecule has 23 heavy (non-hydrogen) atoms. The van der Waals surface area contributed by atoms with Crippen LogP contribution in [0.25, 0.3) is 10.4 Å². The number of phenols is 1. The molecule has 0 saturated heterocycles. The molecule has 2 aromatic carbocycles. The van der Waals surface area contributed by atoms with Gasteiger partial charge in [0.05, 0.1) is 16.1 Å². The number of benzene rings is 2. The SMILES string of the molecule is NC(=O)c1cc(-c2cnc(Nc3ccccc3F)s2)ccc1O. The van der Waals surface area contributed by atoms with Gasteiger partial charge in [-0.3, -0.25) is 4.79 Å². The third-order valence-corrected chi connectivity index (χ3v) is 4.13. The topological polar surface area (TPSA) is 88.2 Å². The first kappa shape index (κ1) is 15.0. The average Bonchev–Trinajstić information content (AvgIpc) is 2.98. The number of halogens is 1. The second-order valence-corrected chi connectivity index (χ2v) is 5.76. The van der Waals surface area contributed by atoms with Gasteiger partial charge >= 0.3 is 0 Å². The normalized spacial score (nSPS) is 10.5. The Balaban J connectivity index is 1.89. The van der Waals surface area contributed by atoms with Gasteiger partial charge in [-0.05, 0) is 35.9 Å². The van der Waals surface area contributed by atoms with E-state index in [-0.39, 0.29) is 17.1 Å². The largest absolute Gasteiger partial charge is 0.507 e. The van der Waals surface area contributed by atoms with Crippen molar-refractivity contribution in [3.8, 4) is 16.2 Å². The predicted molar refractivity (Wildman–Crippen MR) is 87.4 cm³/mol. The summed E-state index contributed by atoms with van der Waals surface area (Å²) in [5, 5.41) is 13.0. The van der Waals surface area contributed by atoms with Gasteiger partial charge in [-0.25, -0.2) is 9.37 Å². The molecule has 0 aliphatic carbocycles. The summed E-state index contributed by atoms with van der Waals surface area (Å²) in [6, 6.07) is 10.9. The maximum atomic E-state index is 13.6. The Bertz CT molecular complexity index is 879. The summed E-state index contributed by atoms with van der Waals surface area (Å²) in [6.07, 6.45) is 1.60. The standard InChI is InChI=1S/C16H12FN3O2S/c17-11-3-1-2-4-12(11)20-16-19-8-14(23-16)9-5-6-13(21)10(7-9)15(18)22/h1-8,21H,(H2,18,22)(H,19,20). The van der Waals surface area contributed by atoms with Crippen LogP contribution in [0.3, 0.4) is 0 Å². The lowest BCUT2D eigenvalue weighted by Crippen LogP contribution is -2.11. The molecule has 3 rings (SSSR count). The van der Waals surface area contributed by atoms with E-state index in [2.05, 4.69) is 10.3 Å². The van der Waals surface area contributed by atoms with Crippen molar-refractivity contribution in [2.75, 3.05) is 5.32 Å². The summed E-state index contributed by atoms with van der Waals surface area (Å²) in [5.41, 5.74) is 6.28. The Labute approximate surface area is 135 Å². The summed E-state index contributed by atoms with van der Waals surface area (Å²) in [4.78, 5) is 16.2. The van der Waals surface area contributed by atoms with Gasteiger partial charge in [0.1, 0.15) is 11.6 Å². The van der Waals surface area contributed by atoms with Crippen LogP contribution in [0.5, 0.6) is 5.75 Å².